The molecule has 10 nitrogen and oxygen atoms in total. The zero-order valence-corrected chi connectivity index (χ0v) is 30.1. The van der Waals surface area contributed by atoms with Crippen molar-refractivity contribution < 1.29 is 14.3 Å². The molecule has 5 aromatic rings. The van der Waals surface area contributed by atoms with E-state index in [1.165, 1.54) is 7.11 Å². The third-order valence-electron chi connectivity index (χ3n) is 8.72. The summed E-state index contributed by atoms with van der Waals surface area (Å²) in [5, 5.41) is 5.03. The Morgan fingerprint density at radius 2 is 1.63 bits per heavy atom. The Labute approximate surface area is 290 Å². The minimum atomic E-state index is -0.665. The van der Waals surface area contributed by atoms with Crippen LogP contribution in [0.3, 0.4) is 0 Å². The summed E-state index contributed by atoms with van der Waals surface area (Å²) in [6, 6.07) is 18.4. The van der Waals surface area contributed by atoms with Crippen LogP contribution in [0.5, 0.6) is 0 Å². The number of hydrogen-bond acceptors (Lipinski definition) is 6. The summed E-state index contributed by atoms with van der Waals surface area (Å²) >= 11 is 0. The molecule has 6 rings (SSSR count). The minimum Gasteiger partial charge on any atom is -0.453 e. The summed E-state index contributed by atoms with van der Waals surface area (Å²) in [6.07, 6.45) is 5.91. The Morgan fingerprint density at radius 3 is 2.33 bits per heavy atom. The fourth-order valence-corrected chi connectivity index (χ4v) is 6.23. The quantitative estimate of drug-likeness (QED) is 0.111. The lowest BCUT2D eigenvalue weighted by Gasteiger charge is -2.29. The Morgan fingerprint density at radius 1 is 0.959 bits per heavy atom. The maximum Gasteiger partial charge on any atom is 0.407 e. The zero-order valence-electron chi connectivity index (χ0n) is 30.1. The van der Waals surface area contributed by atoms with Crippen molar-refractivity contribution in [1.29, 1.82) is 0 Å². The molecule has 1 aliphatic heterocycles. The average molecular weight is 668 g/mol. The summed E-state index contributed by atoms with van der Waals surface area (Å²) in [5.41, 5.74) is 11.7. The molecule has 0 saturated carbocycles. The highest BCUT2D eigenvalue weighted by Gasteiger charge is 2.37. The normalized spacial score (nSPS) is 14.6. The number of rotatable bonds is 10. The van der Waals surface area contributed by atoms with Crippen molar-refractivity contribution in [2.75, 3.05) is 20.2 Å². The van der Waals surface area contributed by atoms with Gasteiger partial charge in [-0.05, 0) is 84.3 Å². The van der Waals surface area contributed by atoms with E-state index >= 15 is 0 Å². The molecule has 1 saturated heterocycles. The van der Waals surface area contributed by atoms with Crippen LogP contribution in [0, 0.1) is 5.92 Å². The molecule has 0 bridgehead atoms. The van der Waals surface area contributed by atoms with Crippen molar-refractivity contribution in [3.8, 4) is 22.4 Å². The Kier molecular flexibility index (Phi) is 13.4. The van der Waals surface area contributed by atoms with Gasteiger partial charge in [-0.15, -0.1) is 0 Å². The first-order chi connectivity index (χ1) is 23.8. The molecule has 2 aromatic heterocycles. The minimum absolute atomic E-state index is 0.0838. The van der Waals surface area contributed by atoms with Crippen LogP contribution < -0.4 is 11.1 Å². The monoisotopic (exact) mass is 667 g/mol. The number of aromatic amines is 2. The summed E-state index contributed by atoms with van der Waals surface area (Å²) < 4.78 is 4.76. The third kappa shape index (κ3) is 8.67. The van der Waals surface area contributed by atoms with Gasteiger partial charge in [-0.25, -0.2) is 14.8 Å². The highest BCUT2D eigenvalue weighted by molar-refractivity contribution is 5.92. The SMILES string of the molecule is CC.CC.COC(=O)NC(C(=O)N1CCCC1c1nc2ccc(-c3ccc4cc(-c5cnc(CCCCN)[nH]5)ccc4c3)cc2[nH]1)C(C)C. The molecular weight excluding hydrogens is 614 g/mol. The lowest BCUT2D eigenvalue weighted by Crippen LogP contribution is -2.51. The van der Waals surface area contributed by atoms with Gasteiger partial charge in [-0.2, -0.15) is 0 Å². The Balaban J connectivity index is 0.00000130. The Bertz CT molecular complexity index is 1830. The molecule has 0 spiro atoms. The number of aromatic nitrogens is 4. The van der Waals surface area contributed by atoms with E-state index in [0.717, 1.165) is 87.9 Å². The van der Waals surface area contributed by atoms with Gasteiger partial charge in [0.1, 0.15) is 17.7 Å². The molecule has 5 N–H and O–H groups in total. The van der Waals surface area contributed by atoms with Crippen molar-refractivity contribution in [3.63, 3.8) is 0 Å². The predicted molar refractivity (Wildman–Crippen MR) is 199 cm³/mol. The van der Waals surface area contributed by atoms with Gasteiger partial charge in [0, 0.05) is 18.5 Å². The van der Waals surface area contributed by atoms with Gasteiger partial charge in [0.05, 0.1) is 36.1 Å². The Hall–Kier alpha value is -4.70. The van der Waals surface area contributed by atoms with Gasteiger partial charge in [-0.1, -0.05) is 71.9 Å². The van der Waals surface area contributed by atoms with Gasteiger partial charge >= 0.3 is 6.09 Å². The van der Waals surface area contributed by atoms with E-state index in [2.05, 4.69) is 68.8 Å². The van der Waals surface area contributed by atoms with E-state index in [1.54, 1.807) is 0 Å². The maximum atomic E-state index is 13.5. The standard InChI is InChI=1S/C35H41N7O3.2C2H6/c1-21(2)32(41-35(44)45-3)34(43)42-16-6-7-30(42)33-39-27-14-13-25(19-28(27)40-33)23-9-10-24-18-26(12-11-22(24)17-23)29-20-37-31(38-29)8-4-5-15-36;2*1-2/h9-14,17-21,30,32H,4-8,15-16,36H2,1-3H3,(H,37,38)(H,39,40)(H,41,44);2*1-2H3. The molecular formula is C39H53N7O3. The number of benzene rings is 3. The molecule has 2 amide bonds. The second-order valence-corrected chi connectivity index (χ2v) is 12.2. The predicted octanol–water partition coefficient (Wildman–Crippen LogP) is 8.15. The number of hydrogen-bond donors (Lipinski definition) is 4. The van der Waals surface area contributed by atoms with Gasteiger partial charge in [0.2, 0.25) is 5.91 Å². The van der Waals surface area contributed by atoms with Gasteiger partial charge in [-0.3, -0.25) is 4.79 Å². The molecule has 1 aliphatic rings. The number of fused-ring (bicyclic) bond motifs is 2. The number of H-pyrrole nitrogens is 2. The summed E-state index contributed by atoms with van der Waals surface area (Å²) in [4.78, 5) is 43.7. The van der Waals surface area contributed by atoms with E-state index in [-0.39, 0.29) is 17.9 Å². The van der Waals surface area contributed by atoms with Crippen LogP contribution in [-0.2, 0) is 16.0 Å². The number of imidazole rings is 2. The summed E-state index contributed by atoms with van der Waals surface area (Å²) in [5.74, 6) is 1.56. The van der Waals surface area contributed by atoms with Crippen LogP contribution in [0.1, 0.15) is 84.9 Å². The number of nitrogens with one attached hydrogen (secondary N) is 3. The van der Waals surface area contributed by atoms with E-state index in [4.69, 9.17) is 15.5 Å². The number of carbonyl (C=O) groups excluding carboxylic acids is 2. The van der Waals surface area contributed by atoms with E-state index < -0.39 is 12.1 Å². The molecule has 3 aromatic carbocycles. The van der Waals surface area contributed by atoms with E-state index in [0.29, 0.717) is 13.1 Å². The molecule has 2 atom stereocenters. The van der Waals surface area contributed by atoms with Crippen LogP contribution in [-0.4, -0.2) is 63.1 Å². The first kappa shape index (κ1) is 37.1. The first-order valence-corrected chi connectivity index (χ1v) is 17.8. The van der Waals surface area contributed by atoms with Crippen LogP contribution in [0.2, 0.25) is 0 Å². The van der Waals surface area contributed by atoms with Crippen LogP contribution in [0.4, 0.5) is 4.79 Å². The second-order valence-electron chi connectivity index (χ2n) is 12.2. The number of nitrogens with two attached hydrogens (primary N) is 1. The average Bonchev–Trinajstić information content (AvgIpc) is 3.91. The molecule has 1 fully saturated rings. The number of unbranched alkanes of at least 4 members (excludes halogenated alkanes) is 1. The smallest absolute Gasteiger partial charge is 0.407 e. The van der Waals surface area contributed by atoms with Crippen LogP contribution in [0.15, 0.2) is 60.8 Å². The topological polar surface area (TPSA) is 142 Å². The highest BCUT2D eigenvalue weighted by atomic mass is 16.5. The number of carbonyl (C=O) groups is 2. The molecule has 2 unspecified atom stereocenters. The molecule has 262 valence electrons. The summed E-state index contributed by atoms with van der Waals surface area (Å²) in [7, 11) is 1.30. The number of likely N-dealkylation sites (tertiary alicyclic amines) is 1. The van der Waals surface area contributed by atoms with Crippen molar-refractivity contribution in [2.45, 2.75) is 85.7 Å². The number of alkyl carbamates (subject to hydrolysis) is 1. The van der Waals surface area contributed by atoms with Crippen molar-refractivity contribution in [3.05, 3.63) is 72.4 Å². The molecule has 49 heavy (non-hydrogen) atoms. The van der Waals surface area contributed by atoms with Gasteiger partial charge in [0.25, 0.3) is 0 Å². The molecule has 10 heteroatoms. The van der Waals surface area contributed by atoms with Gasteiger partial charge < -0.3 is 30.7 Å². The fraction of sp³-hybridized carbons (Fsp3) is 0.436. The molecule has 0 aliphatic carbocycles. The largest absolute Gasteiger partial charge is 0.453 e. The number of methoxy groups -OCH3 is 1. The maximum absolute atomic E-state index is 13.5. The summed E-state index contributed by atoms with van der Waals surface area (Å²) in [6.45, 7) is 13.2. The van der Waals surface area contributed by atoms with E-state index in [1.807, 2.05) is 58.7 Å². The van der Waals surface area contributed by atoms with Crippen LogP contribution >= 0.6 is 0 Å². The first-order valence-electron chi connectivity index (χ1n) is 17.8. The lowest BCUT2D eigenvalue weighted by atomic mass is 9.99. The lowest BCUT2D eigenvalue weighted by molar-refractivity contribution is -0.135. The second kappa shape index (κ2) is 17.6. The van der Waals surface area contributed by atoms with Gasteiger partial charge in [0.15, 0.2) is 0 Å². The number of ether oxygens (including phenoxy) is 1. The third-order valence-corrected chi connectivity index (χ3v) is 8.72. The fourth-order valence-electron chi connectivity index (χ4n) is 6.23. The number of nitrogens with zero attached hydrogens (tertiary/aromatic N) is 3. The highest BCUT2D eigenvalue weighted by Crippen LogP contribution is 2.34. The van der Waals surface area contributed by atoms with Crippen LogP contribution in [0.25, 0.3) is 44.2 Å². The van der Waals surface area contributed by atoms with Crippen molar-refractivity contribution >= 4 is 33.8 Å². The van der Waals surface area contributed by atoms with Crippen molar-refractivity contribution in [1.82, 2.24) is 30.2 Å². The molecule has 3 heterocycles. The van der Waals surface area contributed by atoms with E-state index in [9.17, 15) is 9.59 Å². The number of amides is 2. The number of aryl methyl sites for hydroxylation is 1. The zero-order chi connectivity index (χ0) is 35.5. The molecule has 0 radical (unpaired) electrons. The van der Waals surface area contributed by atoms with Crippen molar-refractivity contribution in [2.24, 2.45) is 11.7 Å².